The molecule has 1 aromatic carbocycles. The summed E-state index contributed by atoms with van der Waals surface area (Å²) in [5.41, 5.74) is 0.590. The highest BCUT2D eigenvalue weighted by Gasteiger charge is 2.60. The summed E-state index contributed by atoms with van der Waals surface area (Å²) in [6.07, 6.45) is 1.43. The zero-order chi connectivity index (χ0) is 26.0. The summed E-state index contributed by atoms with van der Waals surface area (Å²) in [5.74, 6) is -6.32. The van der Waals surface area contributed by atoms with Gasteiger partial charge in [-0.2, -0.15) is 5.26 Å². The van der Waals surface area contributed by atoms with E-state index in [0.717, 1.165) is 6.42 Å². The van der Waals surface area contributed by atoms with Crippen LogP contribution >= 0.6 is 11.6 Å². The molecule has 0 unspecified atom stereocenters. The lowest BCUT2D eigenvalue weighted by Crippen LogP contribution is -2.70. The smallest absolute Gasteiger partial charge is 0.255 e. The number of carbonyl (C=O) groups is 3. The minimum absolute atomic E-state index is 0.0892. The molecule has 0 spiro atoms. The van der Waals surface area contributed by atoms with Gasteiger partial charge in [0.1, 0.15) is 18.1 Å². The normalized spacial score (nSPS) is 28.4. The topological polar surface area (TPSA) is 114 Å². The van der Waals surface area contributed by atoms with Gasteiger partial charge in [0.25, 0.3) is 5.92 Å². The minimum Gasteiger partial charge on any atom is -0.374 e. The fourth-order valence-corrected chi connectivity index (χ4v) is 5.87. The highest BCUT2D eigenvalue weighted by atomic mass is 35.5. The van der Waals surface area contributed by atoms with E-state index in [2.05, 4.69) is 16.0 Å². The molecular formula is C25H30ClF2N5O3. The molecule has 3 amide bonds. The molecule has 3 aliphatic heterocycles. The molecule has 0 aromatic heterocycles. The molecule has 3 saturated heterocycles. The highest BCUT2D eigenvalue weighted by molar-refractivity contribution is 6.30. The van der Waals surface area contributed by atoms with Crippen molar-refractivity contribution in [2.24, 2.45) is 11.8 Å². The van der Waals surface area contributed by atoms with Crippen LogP contribution in [0.2, 0.25) is 5.02 Å². The van der Waals surface area contributed by atoms with E-state index in [1.807, 2.05) is 6.07 Å². The van der Waals surface area contributed by atoms with Gasteiger partial charge < -0.3 is 20.9 Å². The summed E-state index contributed by atoms with van der Waals surface area (Å²) in [4.78, 5) is 40.3. The number of piperidine rings is 3. The number of nitrogens with zero attached hydrogens (tertiary/aromatic N) is 2. The van der Waals surface area contributed by atoms with Crippen LogP contribution in [0.5, 0.6) is 0 Å². The fourth-order valence-electron chi connectivity index (χ4n) is 5.68. The van der Waals surface area contributed by atoms with Gasteiger partial charge in [0.15, 0.2) is 0 Å². The summed E-state index contributed by atoms with van der Waals surface area (Å²) in [7, 11) is 0. The number of nitrogens with one attached hydrogen (secondary N) is 3. The molecule has 0 radical (unpaired) electrons. The second-order valence-corrected chi connectivity index (χ2v) is 10.4. The van der Waals surface area contributed by atoms with Crippen LogP contribution in [-0.2, 0) is 14.4 Å². The van der Waals surface area contributed by atoms with Gasteiger partial charge in [0, 0.05) is 35.6 Å². The van der Waals surface area contributed by atoms with Gasteiger partial charge in [-0.3, -0.25) is 14.4 Å². The maximum absolute atomic E-state index is 14.9. The average Bonchev–Trinajstić information content (AvgIpc) is 2.83. The predicted octanol–water partition coefficient (Wildman–Crippen LogP) is 3.08. The molecule has 2 bridgehead atoms. The van der Waals surface area contributed by atoms with Gasteiger partial charge in [0.05, 0.1) is 12.0 Å². The van der Waals surface area contributed by atoms with Crippen molar-refractivity contribution in [2.45, 2.75) is 75.5 Å². The van der Waals surface area contributed by atoms with Gasteiger partial charge in [-0.25, -0.2) is 8.78 Å². The molecule has 6 atom stereocenters. The first-order chi connectivity index (χ1) is 17.1. The number of nitriles is 1. The van der Waals surface area contributed by atoms with Crippen LogP contribution < -0.4 is 16.0 Å². The Morgan fingerprint density at radius 1 is 1.33 bits per heavy atom. The molecule has 11 heteroatoms. The van der Waals surface area contributed by atoms with Crippen molar-refractivity contribution in [1.82, 2.24) is 15.5 Å². The van der Waals surface area contributed by atoms with E-state index in [4.69, 9.17) is 11.6 Å². The van der Waals surface area contributed by atoms with Crippen molar-refractivity contribution < 1.29 is 23.2 Å². The van der Waals surface area contributed by atoms with Gasteiger partial charge >= 0.3 is 0 Å². The number of amides is 3. The third-order valence-corrected chi connectivity index (χ3v) is 7.66. The fraction of sp³-hybridized carbons (Fsp3) is 0.600. The second-order valence-electron chi connectivity index (χ2n) is 9.93. The number of hydrogen-bond acceptors (Lipinski definition) is 5. The van der Waals surface area contributed by atoms with Crippen LogP contribution in [0, 0.1) is 23.2 Å². The minimum atomic E-state index is -3.10. The van der Waals surface area contributed by atoms with Crippen molar-refractivity contribution in [3.8, 4) is 6.07 Å². The third kappa shape index (κ3) is 5.41. The highest BCUT2D eigenvalue weighted by Crippen LogP contribution is 2.49. The number of halogens is 3. The van der Waals surface area contributed by atoms with Crippen LogP contribution in [0.1, 0.15) is 45.4 Å². The Balaban J connectivity index is 1.52. The number of anilines is 1. The van der Waals surface area contributed by atoms with Crippen molar-refractivity contribution in [2.75, 3.05) is 11.9 Å². The lowest BCUT2D eigenvalue weighted by atomic mass is 9.71. The van der Waals surface area contributed by atoms with E-state index in [9.17, 15) is 28.4 Å². The zero-order valence-corrected chi connectivity index (χ0v) is 20.7. The van der Waals surface area contributed by atoms with Gasteiger partial charge in [-0.05, 0) is 57.2 Å². The molecule has 4 aliphatic rings. The lowest BCUT2D eigenvalue weighted by Gasteiger charge is -2.54. The number of hydrogen-bond donors (Lipinski definition) is 3. The maximum atomic E-state index is 14.9. The average molecular weight is 522 g/mol. The van der Waals surface area contributed by atoms with Gasteiger partial charge in [-0.15, -0.1) is 0 Å². The second kappa shape index (κ2) is 10.6. The van der Waals surface area contributed by atoms with E-state index in [1.165, 1.54) is 4.90 Å². The summed E-state index contributed by atoms with van der Waals surface area (Å²) in [6.45, 7) is 2.18. The Hall–Kier alpha value is -2.93. The molecule has 1 saturated carbocycles. The first kappa shape index (κ1) is 26.1. The monoisotopic (exact) mass is 521 g/mol. The third-order valence-electron chi connectivity index (χ3n) is 7.43. The van der Waals surface area contributed by atoms with Crippen LogP contribution in [0.15, 0.2) is 24.3 Å². The van der Waals surface area contributed by atoms with Gasteiger partial charge in [0.2, 0.25) is 17.7 Å². The molecule has 194 valence electrons. The predicted molar refractivity (Wildman–Crippen MR) is 129 cm³/mol. The molecule has 4 fully saturated rings. The number of benzene rings is 1. The first-order valence-electron chi connectivity index (χ1n) is 12.3. The Labute approximate surface area is 213 Å². The molecule has 8 nitrogen and oxygen atoms in total. The quantitative estimate of drug-likeness (QED) is 0.510. The number of alkyl halides is 2. The summed E-state index contributed by atoms with van der Waals surface area (Å²) in [5, 5.41) is 18.4. The molecule has 5 rings (SSSR count). The number of fused-ring (bicyclic) bond motifs is 3. The summed E-state index contributed by atoms with van der Waals surface area (Å²) < 4.78 is 29.8. The van der Waals surface area contributed by atoms with Crippen LogP contribution in [-0.4, -0.2) is 59.3 Å². The standard InChI is InChI=1S/C25H30ClF2N5O3/c1-14(31-17-6-2-5-16(26)11-17)24(36)33-19-7-8-20(25(27,28)12-19)21(33)23(35)32-18(13-29)10-15-4-3-9-30-22(15)34/h2,5-6,11,14-15,18-21,31H,3-4,7-10,12H2,1H3,(H,30,34)(H,32,35)/t14-,15+,18-,19-,20-,21-/m0/s1. The van der Waals surface area contributed by atoms with E-state index in [0.29, 0.717) is 30.1 Å². The Morgan fingerprint density at radius 3 is 2.78 bits per heavy atom. The van der Waals surface area contributed by atoms with E-state index < -0.39 is 60.2 Å². The molecule has 3 heterocycles. The Morgan fingerprint density at radius 2 is 2.11 bits per heavy atom. The zero-order valence-electron chi connectivity index (χ0n) is 20.0. The van der Waals surface area contributed by atoms with Crippen LogP contribution in [0.3, 0.4) is 0 Å². The number of rotatable bonds is 7. The summed E-state index contributed by atoms with van der Waals surface area (Å²) in [6, 6.07) is 4.74. The van der Waals surface area contributed by atoms with Crippen molar-refractivity contribution >= 4 is 35.0 Å². The van der Waals surface area contributed by atoms with Crippen LogP contribution in [0.4, 0.5) is 14.5 Å². The molecular weight excluding hydrogens is 492 g/mol. The van der Waals surface area contributed by atoms with Crippen molar-refractivity contribution in [1.29, 1.82) is 5.26 Å². The van der Waals surface area contributed by atoms with E-state index in [1.54, 1.807) is 31.2 Å². The van der Waals surface area contributed by atoms with Crippen LogP contribution in [0.25, 0.3) is 0 Å². The van der Waals surface area contributed by atoms with E-state index in [-0.39, 0.29) is 18.7 Å². The summed E-state index contributed by atoms with van der Waals surface area (Å²) >= 11 is 6.02. The van der Waals surface area contributed by atoms with Crippen molar-refractivity contribution in [3.05, 3.63) is 29.3 Å². The SMILES string of the molecule is C[C@H](Nc1cccc(Cl)c1)C(=O)N1[C@H]2CC[C@@H]([C@H]1C(=O)N[C@H](C#N)C[C@H]1CCCNC1=O)C(F)(F)C2. The van der Waals surface area contributed by atoms with E-state index >= 15 is 0 Å². The molecule has 1 aliphatic carbocycles. The Kier molecular flexibility index (Phi) is 7.69. The first-order valence-corrected chi connectivity index (χ1v) is 12.7. The van der Waals surface area contributed by atoms with Crippen molar-refractivity contribution in [3.63, 3.8) is 0 Å². The molecule has 36 heavy (non-hydrogen) atoms. The largest absolute Gasteiger partial charge is 0.374 e. The lowest BCUT2D eigenvalue weighted by molar-refractivity contribution is -0.194. The van der Waals surface area contributed by atoms with Gasteiger partial charge in [-0.1, -0.05) is 17.7 Å². The molecule has 3 N–H and O–H groups in total. The Bertz CT molecular complexity index is 1060. The molecule has 1 aromatic rings. The number of carbonyl (C=O) groups excluding carboxylic acids is 3. The maximum Gasteiger partial charge on any atom is 0.255 e.